The summed E-state index contributed by atoms with van der Waals surface area (Å²) < 4.78 is 0. The smallest absolute Gasteiger partial charge is 0.0568 e. The largest absolute Gasteiger partial charge is 0.378 e. The van der Waals surface area contributed by atoms with Gasteiger partial charge >= 0.3 is 0 Å². The summed E-state index contributed by atoms with van der Waals surface area (Å²) in [6, 6.07) is 16.4. The highest BCUT2D eigenvalue weighted by molar-refractivity contribution is 5.83. The molecule has 0 saturated carbocycles. The molecular weight excluding hydrogens is 272 g/mol. The monoisotopic (exact) mass is 294 g/mol. The first-order valence-electron chi connectivity index (χ1n) is 7.17. The minimum atomic E-state index is 1.03. The second-order valence-corrected chi connectivity index (χ2v) is 5.46. The average Bonchev–Trinajstić information content (AvgIpc) is 2.52. The van der Waals surface area contributed by atoms with E-state index in [0.29, 0.717) is 0 Å². The topological polar surface area (TPSA) is 31.2 Å². The second-order valence-electron chi connectivity index (χ2n) is 5.46. The standard InChI is InChI=1S/C18H22N4/c1-21(2)17-9-5-15(6-10-17)13-19-20-14-16-7-11-18(12-8-16)22(3)4/h5-14H,1-4H3/b19-13+,20-14?. The molecule has 0 unspecified atom stereocenters. The molecular formula is C18H22N4. The quantitative estimate of drug-likeness (QED) is 0.626. The van der Waals surface area contributed by atoms with Crippen molar-refractivity contribution in [3.05, 3.63) is 59.7 Å². The van der Waals surface area contributed by atoms with Gasteiger partial charge in [-0.3, -0.25) is 0 Å². The van der Waals surface area contributed by atoms with Crippen molar-refractivity contribution in [3.63, 3.8) is 0 Å². The van der Waals surface area contributed by atoms with Crippen molar-refractivity contribution in [3.8, 4) is 0 Å². The molecule has 0 N–H and O–H groups in total. The fourth-order valence-corrected chi connectivity index (χ4v) is 1.92. The molecule has 0 aliphatic carbocycles. The van der Waals surface area contributed by atoms with E-state index in [-0.39, 0.29) is 0 Å². The molecule has 22 heavy (non-hydrogen) atoms. The number of nitrogens with zero attached hydrogens (tertiary/aromatic N) is 4. The Bertz CT molecular complexity index is 578. The van der Waals surface area contributed by atoms with Crippen molar-refractivity contribution in [2.24, 2.45) is 10.2 Å². The van der Waals surface area contributed by atoms with Gasteiger partial charge in [0.15, 0.2) is 0 Å². The van der Waals surface area contributed by atoms with E-state index in [9.17, 15) is 0 Å². The first-order valence-corrected chi connectivity index (χ1v) is 7.17. The van der Waals surface area contributed by atoms with Crippen LogP contribution >= 0.6 is 0 Å². The van der Waals surface area contributed by atoms with Gasteiger partial charge in [-0.25, -0.2) is 0 Å². The van der Waals surface area contributed by atoms with Gasteiger partial charge in [-0.05, 0) is 35.4 Å². The van der Waals surface area contributed by atoms with Crippen LogP contribution in [0.4, 0.5) is 11.4 Å². The fourth-order valence-electron chi connectivity index (χ4n) is 1.92. The minimum Gasteiger partial charge on any atom is -0.378 e. The molecule has 0 radical (unpaired) electrons. The third-order valence-electron chi connectivity index (χ3n) is 3.30. The van der Waals surface area contributed by atoms with Crippen LogP contribution in [-0.4, -0.2) is 40.6 Å². The van der Waals surface area contributed by atoms with Crippen LogP contribution in [0.5, 0.6) is 0 Å². The first kappa shape index (κ1) is 15.8. The van der Waals surface area contributed by atoms with Gasteiger partial charge in [-0.2, -0.15) is 10.2 Å². The van der Waals surface area contributed by atoms with Crippen LogP contribution in [0.25, 0.3) is 0 Å². The maximum absolute atomic E-state index is 4.09. The summed E-state index contributed by atoms with van der Waals surface area (Å²) in [5.74, 6) is 0. The zero-order chi connectivity index (χ0) is 15.9. The SMILES string of the molecule is CN(C)c1ccc(C=N/N=C/c2ccc(N(C)C)cc2)cc1. The second kappa shape index (κ2) is 7.41. The lowest BCUT2D eigenvalue weighted by molar-refractivity contribution is 1.13. The van der Waals surface area contributed by atoms with E-state index in [4.69, 9.17) is 0 Å². The Morgan fingerprint density at radius 1 is 0.591 bits per heavy atom. The molecule has 0 bridgehead atoms. The van der Waals surface area contributed by atoms with Gasteiger partial charge in [0.1, 0.15) is 0 Å². The predicted molar refractivity (Wildman–Crippen MR) is 96.7 cm³/mol. The van der Waals surface area contributed by atoms with Crippen molar-refractivity contribution in [2.75, 3.05) is 38.0 Å². The highest BCUT2D eigenvalue weighted by Gasteiger charge is 1.94. The maximum atomic E-state index is 4.09. The van der Waals surface area contributed by atoms with Gasteiger partial charge in [0.05, 0.1) is 12.4 Å². The Kier molecular flexibility index (Phi) is 5.31. The van der Waals surface area contributed by atoms with Crippen LogP contribution in [0.3, 0.4) is 0 Å². The Morgan fingerprint density at radius 2 is 0.909 bits per heavy atom. The zero-order valence-electron chi connectivity index (χ0n) is 13.6. The normalized spacial score (nSPS) is 11.3. The summed E-state index contributed by atoms with van der Waals surface area (Å²) in [4.78, 5) is 4.13. The number of anilines is 2. The van der Waals surface area contributed by atoms with Gasteiger partial charge in [-0.1, -0.05) is 24.3 Å². The molecule has 0 amide bonds. The fraction of sp³-hybridized carbons (Fsp3) is 0.222. The first-order chi connectivity index (χ1) is 10.6. The number of rotatable bonds is 5. The molecule has 0 aliphatic heterocycles. The molecule has 0 fully saturated rings. The van der Waals surface area contributed by atoms with E-state index in [1.165, 1.54) is 11.4 Å². The van der Waals surface area contributed by atoms with Crippen molar-refractivity contribution < 1.29 is 0 Å². The van der Waals surface area contributed by atoms with Crippen molar-refractivity contribution >= 4 is 23.8 Å². The molecule has 4 nitrogen and oxygen atoms in total. The minimum absolute atomic E-state index is 1.03. The Morgan fingerprint density at radius 3 is 1.18 bits per heavy atom. The van der Waals surface area contributed by atoms with Crippen LogP contribution in [0.2, 0.25) is 0 Å². The van der Waals surface area contributed by atoms with Crippen molar-refractivity contribution in [2.45, 2.75) is 0 Å². The third kappa shape index (κ3) is 4.45. The van der Waals surface area contributed by atoms with Crippen molar-refractivity contribution in [1.29, 1.82) is 0 Å². The summed E-state index contributed by atoms with van der Waals surface area (Å²) in [7, 11) is 8.09. The molecule has 0 aromatic heterocycles. The Hall–Kier alpha value is -2.62. The summed E-state index contributed by atoms with van der Waals surface area (Å²) in [5, 5.41) is 8.18. The molecule has 0 spiro atoms. The van der Waals surface area contributed by atoms with E-state index in [1.807, 2.05) is 52.5 Å². The lowest BCUT2D eigenvalue weighted by Gasteiger charge is -2.11. The molecule has 0 saturated heterocycles. The van der Waals surface area contributed by atoms with Gasteiger partial charge in [0, 0.05) is 39.6 Å². The third-order valence-corrected chi connectivity index (χ3v) is 3.30. The molecule has 2 aromatic carbocycles. The van der Waals surface area contributed by atoms with E-state index < -0.39 is 0 Å². The van der Waals surface area contributed by atoms with Crippen LogP contribution in [0, 0.1) is 0 Å². The molecule has 0 atom stereocenters. The number of hydrogen-bond donors (Lipinski definition) is 0. The Labute approximate surface area is 132 Å². The highest BCUT2D eigenvalue weighted by atomic mass is 15.2. The highest BCUT2D eigenvalue weighted by Crippen LogP contribution is 2.12. The van der Waals surface area contributed by atoms with Crippen LogP contribution < -0.4 is 9.80 Å². The molecule has 4 heteroatoms. The number of benzene rings is 2. The molecule has 0 heterocycles. The average molecular weight is 294 g/mol. The molecule has 0 aliphatic rings. The molecule has 2 rings (SSSR count). The van der Waals surface area contributed by atoms with Gasteiger partial charge < -0.3 is 9.80 Å². The van der Waals surface area contributed by atoms with E-state index in [0.717, 1.165) is 11.1 Å². The van der Waals surface area contributed by atoms with Gasteiger partial charge in [0.25, 0.3) is 0 Å². The predicted octanol–water partition coefficient (Wildman–Crippen LogP) is 3.27. The lowest BCUT2D eigenvalue weighted by atomic mass is 10.2. The van der Waals surface area contributed by atoms with Gasteiger partial charge in [-0.15, -0.1) is 0 Å². The number of hydrogen-bond acceptors (Lipinski definition) is 4. The summed E-state index contributed by atoms with van der Waals surface area (Å²) in [6.07, 6.45) is 3.51. The zero-order valence-corrected chi connectivity index (χ0v) is 13.6. The van der Waals surface area contributed by atoms with Crippen LogP contribution in [-0.2, 0) is 0 Å². The Balaban J connectivity index is 1.96. The summed E-state index contributed by atoms with van der Waals surface area (Å²) in [6.45, 7) is 0. The lowest BCUT2D eigenvalue weighted by Crippen LogP contribution is -2.08. The van der Waals surface area contributed by atoms with Gasteiger partial charge in [0.2, 0.25) is 0 Å². The van der Waals surface area contributed by atoms with E-state index >= 15 is 0 Å². The van der Waals surface area contributed by atoms with Crippen LogP contribution in [0.15, 0.2) is 58.7 Å². The summed E-state index contributed by atoms with van der Waals surface area (Å²) in [5.41, 5.74) is 4.40. The molecule has 2 aromatic rings. The molecule has 114 valence electrons. The summed E-state index contributed by atoms with van der Waals surface area (Å²) >= 11 is 0. The maximum Gasteiger partial charge on any atom is 0.0568 e. The van der Waals surface area contributed by atoms with E-state index in [1.54, 1.807) is 12.4 Å². The van der Waals surface area contributed by atoms with Crippen molar-refractivity contribution in [1.82, 2.24) is 0 Å². The van der Waals surface area contributed by atoms with Crippen LogP contribution in [0.1, 0.15) is 11.1 Å². The van der Waals surface area contributed by atoms with E-state index in [2.05, 4.69) is 44.3 Å².